The molecule has 2 atom stereocenters. The highest BCUT2D eigenvalue weighted by Gasteiger charge is 2.18. The molecule has 1 aromatic carbocycles. The summed E-state index contributed by atoms with van der Waals surface area (Å²) in [7, 11) is 0. The van der Waals surface area contributed by atoms with Crippen LogP contribution in [0.5, 0.6) is 5.75 Å². The quantitative estimate of drug-likeness (QED) is 0.782. The number of hydrogen-bond donors (Lipinski definition) is 1. The van der Waals surface area contributed by atoms with E-state index in [0.29, 0.717) is 12.1 Å². The maximum Gasteiger partial charge on any atom is 0.120 e. The second kappa shape index (κ2) is 8.40. The molecule has 0 amide bonds. The molecule has 0 aromatic heterocycles. The van der Waals surface area contributed by atoms with Crippen LogP contribution >= 0.6 is 0 Å². The van der Waals surface area contributed by atoms with E-state index in [4.69, 9.17) is 9.47 Å². The molecular weight excluding hydrogens is 262 g/mol. The molecule has 1 heterocycles. The van der Waals surface area contributed by atoms with Gasteiger partial charge >= 0.3 is 0 Å². The van der Waals surface area contributed by atoms with Crippen LogP contribution in [0.25, 0.3) is 0 Å². The minimum atomic E-state index is 0.213. The van der Waals surface area contributed by atoms with E-state index < -0.39 is 0 Å². The predicted octanol–water partition coefficient (Wildman–Crippen LogP) is 4.08. The lowest BCUT2D eigenvalue weighted by molar-refractivity contribution is 0.0996. The van der Waals surface area contributed by atoms with E-state index >= 15 is 0 Å². The number of hydrogen-bond acceptors (Lipinski definition) is 3. The Morgan fingerprint density at radius 3 is 2.90 bits per heavy atom. The van der Waals surface area contributed by atoms with Gasteiger partial charge in [0.25, 0.3) is 0 Å². The third kappa shape index (κ3) is 5.33. The molecule has 2 rings (SSSR count). The Morgan fingerprint density at radius 2 is 2.24 bits per heavy atom. The Bertz CT molecular complexity index is 413. The highest BCUT2D eigenvalue weighted by atomic mass is 16.5. The third-order valence-electron chi connectivity index (χ3n) is 3.88. The highest BCUT2D eigenvalue weighted by Crippen LogP contribution is 2.26. The van der Waals surface area contributed by atoms with Gasteiger partial charge in [0.15, 0.2) is 0 Å². The van der Waals surface area contributed by atoms with E-state index in [1.54, 1.807) is 0 Å². The van der Waals surface area contributed by atoms with Gasteiger partial charge in [0, 0.05) is 12.6 Å². The van der Waals surface area contributed by atoms with Crippen LogP contribution in [0.2, 0.25) is 0 Å². The smallest absolute Gasteiger partial charge is 0.120 e. The van der Waals surface area contributed by atoms with E-state index in [2.05, 4.69) is 44.3 Å². The lowest BCUT2D eigenvalue weighted by Gasteiger charge is -2.21. The first-order valence-electron chi connectivity index (χ1n) is 8.30. The van der Waals surface area contributed by atoms with Crippen molar-refractivity contribution >= 4 is 0 Å². The van der Waals surface area contributed by atoms with Crippen molar-refractivity contribution in [3.63, 3.8) is 0 Å². The third-order valence-corrected chi connectivity index (χ3v) is 3.88. The van der Waals surface area contributed by atoms with Crippen LogP contribution < -0.4 is 10.1 Å². The summed E-state index contributed by atoms with van der Waals surface area (Å²) in [5, 5.41) is 3.59. The Hall–Kier alpha value is -1.06. The van der Waals surface area contributed by atoms with Gasteiger partial charge in [-0.25, -0.2) is 0 Å². The lowest BCUT2D eigenvalue weighted by Crippen LogP contribution is -2.22. The van der Waals surface area contributed by atoms with Gasteiger partial charge in [0.1, 0.15) is 5.75 Å². The fourth-order valence-electron chi connectivity index (χ4n) is 2.93. The van der Waals surface area contributed by atoms with Crippen molar-refractivity contribution in [1.82, 2.24) is 5.32 Å². The van der Waals surface area contributed by atoms with Gasteiger partial charge in [-0.2, -0.15) is 0 Å². The zero-order valence-electron chi connectivity index (χ0n) is 13.6. The monoisotopic (exact) mass is 291 g/mol. The summed E-state index contributed by atoms with van der Waals surface area (Å²) in [6.07, 6.45) is 5.35. The van der Waals surface area contributed by atoms with Gasteiger partial charge in [0.05, 0.1) is 12.2 Å². The molecule has 1 saturated heterocycles. The van der Waals surface area contributed by atoms with Crippen LogP contribution in [0.15, 0.2) is 24.3 Å². The second-order valence-electron chi connectivity index (χ2n) is 6.06. The fourth-order valence-corrected chi connectivity index (χ4v) is 2.93. The molecule has 0 spiro atoms. The molecule has 1 aliphatic heterocycles. The second-order valence-corrected chi connectivity index (χ2v) is 6.06. The zero-order chi connectivity index (χ0) is 15.1. The van der Waals surface area contributed by atoms with Crippen LogP contribution in [0, 0.1) is 0 Å². The maximum absolute atomic E-state index is 5.81. The van der Waals surface area contributed by atoms with Crippen molar-refractivity contribution < 1.29 is 9.47 Å². The standard InChI is InChI=1S/C18H29NO2/c1-4-19-18(11-10-16-9-6-12-20-16)15-7-5-8-17(13-15)21-14(2)3/h5,7-8,13-14,16,18-19H,4,6,9-12H2,1-3H3. The largest absolute Gasteiger partial charge is 0.491 e. The van der Waals surface area contributed by atoms with Crippen LogP contribution in [-0.4, -0.2) is 25.4 Å². The van der Waals surface area contributed by atoms with Gasteiger partial charge in [-0.3, -0.25) is 0 Å². The first-order valence-corrected chi connectivity index (χ1v) is 8.30. The molecule has 118 valence electrons. The number of benzene rings is 1. The minimum absolute atomic E-state index is 0.213. The predicted molar refractivity (Wildman–Crippen MR) is 86.8 cm³/mol. The van der Waals surface area contributed by atoms with Crippen molar-refractivity contribution in [2.24, 2.45) is 0 Å². The summed E-state index contributed by atoms with van der Waals surface area (Å²) in [4.78, 5) is 0. The van der Waals surface area contributed by atoms with Gasteiger partial charge in [-0.15, -0.1) is 0 Å². The van der Waals surface area contributed by atoms with Crippen LogP contribution in [0.4, 0.5) is 0 Å². The van der Waals surface area contributed by atoms with Gasteiger partial charge in [-0.05, 0) is 63.8 Å². The van der Waals surface area contributed by atoms with Crippen molar-refractivity contribution in [3.8, 4) is 5.75 Å². The Kier molecular flexibility index (Phi) is 6.52. The minimum Gasteiger partial charge on any atom is -0.491 e. The molecule has 1 N–H and O–H groups in total. The van der Waals surface area contributed by atoms with E-state index in [0.717, 1.165) is 31.7 Å². The van der Waals surface area contributed by atoms with E-state index in [1.165, 1.54) is 18.4 Å². The Morgan fingerprint density at radius 1 is 1.38 bits per heavy atom. The summed E-state index contributed by atoms with van der Waals surface area (Å²) < 4.78 is 11.5. The fraction of sp³-hybridized carbons (Fsp3) is 0.667. The molecular formula is C18H29NO2. The molecule has 0 aliphatic carbocycles. The highest BCUT2D eigenvalue weighted by molar-refractivity contribution is 5.30. The molecule has 2 unspecified atom stereocenters. The first kappa shape index (κ1) is 16.3. The molecule has 0 saturated carbocycles. The summed E-state index contributed by atoms with van der Waals surface area (Å²) >= 11 is 0. The molecule has 3 heteroatoms. The van der Waals surface area contributed by atoms with E-state index in [-0.39, 0.29) is 6.10 Å². The molecule has 21 heavy (non-hydrogen) atoms. The lowest BCUT2D eigenvalue weighted by atomic mass is 9.99. The van der Waals surface area contributed by atoms with Gasteiger partial charge in [-0.1, -0.05) is 19.1 Å². The van der Waals surface area contributed by atoms with Crippen molar-refractivity contribution in [1.29, 1.82) is 0 Å². The van der Waals surface area contributed by atoms with Crippen molar-refractivity contribution in [2.75, 3.05) is 13.2 Å². The number of ether oxygens (including phenoxy) is 2. The Balaban J connectivity index is 1.98. The zero-order valence-corrected chi connectivity index (χ0v) is 13.6. The normalized spacial score (nSPS) is 19.9. The first-order chi connectivity index (χ1) is 10.2. The van der Waals surface area contributed by atoms with E-state index in [1.807, 2.05) is 6.07 Å². The molecule has 3 nitrogen and oxygen atoms in total. The van der Waals surface area contributed by atoms with Crippen LogP contribution in [0.3, 0.4) is 0 Å². The van der Waals surface area contributed by atoms with Crippen molar-refractivity contribution in [2.45, 2.75) is 64.7 Å². The molecule has 0 radical (unpaired) electrons. The van der Waals surface area contributed by atoms with Crippen LogP contribution in [0.1, 0.15) is 58.1 Å². The topological polar surface area (TPSA) is 30.5 Å². The molecule has 1 aliphatic rings. The van der Waals surface area contributed by atoms with Gasteiger partial charge in [0.2, 0.25) is 0 Å². The summed E-state index contributed by atoms with van der Waals surface area (Å²) in [5.74, 6) is 0.961. The average molecular weight is 291 g/mol. The summed E-state index contributed by atoms with van der Waals surface area (Å²) in [5.41, 5.74) is 1.31. The van der Waals surface area contributed by atoms with Crippen molar-refractivity contribution in [3.05, 3.63) is 29.8 Å². The van der Waals surface area contributed by atoms with Gasteiger partial charge < -0.3 is 14.8 Å². The SMILES string of the molecule is CCNC(CCC1CCCO1)c1cccc(OC(C)C)c1. The number of rotatable bonds is 8. The van der Waals surface area contributed by atoms with E-state index in [9.17, 15) is 0 Å². The Labute approximate surface area is 129 Å². The van der Waals surface area contributed by atoms with Crippen LogP contribution in [-0.2, 0) is 4.74 Å². The summed E-state index contributed by atoms with van der Waals surface area (Å²) in [6, 6.07) is 8.87. The number of nitrogens with one attached hydrogen (secondary N) is 1. The molecule has 0 bridgehead atoms. The summed E-state index contributed by atoms with van der Waals surface area (Å²) in [6.45, 7) is 8.20. The molecule has 1 aromatic rings. The average Bonchev–Trinajstić information content (AvgIpc) is 2.96. The molecule has 1 fully saturated rings. The maximum atomic E-state index is 5.81.